The Morgan fingerprint density at radius 1 is 1.12 bits per heavy atom. The SMILES string of the molecule is COc1ccc(-c2cnc3[nH]cc(C(=O)c4ccccn4)c3c2)c(C)c1. The molecule has 0 aliphatic carbocycles. The Kier molecular flexibility index (Phi) is 3.97. The molecular formula is C21H17N3O2. The van der Waals surface area contributed by atoms with E-state index >= 15 is 0 Å². The molecule has 3 aromatic heterocycles. The van der Waals surface area contributed by atoms with Gasteiger partial charge in [0.25, 0.3) is 0 Å². The molecule has 5 heteroatoms. The number of carbonyl (C=O) groups is 1. The van der Waals surface area contributed by atoms with Crippen LogP contribution in [0.4, 0.5) is 0 Å². The van der Waals surface area contributed by atoms with Crippen molar-refractivity contribution in [2.45, 2.75) is 6.92 Å². The quantitative estimate of drug-likeness (QED) is 0.565. The van der Waals surface area contributed by atoms with Gasteiger partial charge in [0.1, 0.15) is 17.1 Å². The predicted molar refractivity (Wildman–Crippen MR) is 100 cm³/mol. The summed E-state index contributed by atoms with van der Waals surface area (Å²) < 4.78 is 5.27. The van der Waals surface area contributed by atoms with E-state index in [4.69, 9.17) is 4.74 Å². The third-order valence-electron chi connectivity index (χ3n) is 4.42. The second-order valence-corrected chi connectivity index (χ2v) is 6.05. The summed E-state index contributed by atoms with van der Waals surface area (Å²) in [6.07, 6.45) is 5.12. The van der Waals surface area contributed by atoms with Gasteiger partial charge in [-0.05, 0) is 48.4 Å². The molecule has 0 spiro atoms. The molecule has 4 aromatic rings. The lowest BCUT2D eigenvalue weighted by atomic mass is 9.99. The molecule has 128 valence electrons. The molecule has 0 bridgehead atoms. The van der Waals surface area contributed by atoms with Crippen molar-refractivity contribution in [2.75, 3.05) is 7.11 Å². The largest absolute Gasteiger partial charge is 0.497 e. The van der Waals surface area contributed by atoms with E-state index in [-0.39, 0.29) is 5.78 Å². The number of aromatic amines is 1. The molecule has 3 heterocycles. The number of nitrogens with zero attached hydrogens (tertiary/aromatic N) is 2. The van der Waals surface area contributed by atoms with Crippen LogP contribution >= 0.6 is 0 Å². The molecule has 0 saturated heterocycles. The van der Waals surface area contributed by atoms with Crippen LogP contribution in [0.2, 0.25) is 0 Å². The average Bonchev–Trinajstić information content (AvgIpc) is 3.11. The van der Waals surface area contributed by atoms with Crippen LogP contribution in [0, 0.1) is 6.92 Å². The molecule has 0 saturated carbocycles. The number of aryl methyl sites for hydroxylation is 1. The Balaban J connectivity index is 1.81. The van der Waals surface area contributed by atoms with E-state index in [0.717, 1.165) is 27.8 Å². The molecular weight excluding hydrogens is 326 g/mol. The Labute approximate surface area is 150 Å². The maximum absolute atomic E-state index is 12.8. The number of aromatic nitrogens is 3. The third kappa shape index (κ3) is 2.73. The monoisotopic (exact) mass is 343 g/mol. The fourth-order valence-electron chi connectivity index (χ4n) is 3.06. The smallest absolute Gasteiger partial charge is 0.213 e. The van der Waals surface area contributed by atoms with E-state index in [2.05, 4.69) is 15.0 Å². The number of H-pyrrole nitrogens is 1. The van der Waals surface area contributed by atoms with Gasteiger partial charge in [-0.2, -0.15) is 0 Å². The summed E-state index contributed by atoms with van der Waals surface area (Å²) in [5.74, 6) is 0.690. The van der Waals surface area contributed by atoms with Crippen LogP contribution in [0.15, 0.2) is 61.1 Å². The molecule has 4 rings (SSSR count). The highest BCUT2D eigenvalue weighted by Crippen LogP contribution is 2.29. The van der Waals surface area contributed by atoms with Gasteiger partial charge >= 0.3 is 0 Å². The number of hydrogen-bond acceptors (Lipinski definition) is 4. The molecule has 0 atom stereocenters. The molecule has 26 heavy (non-hydrogen) atoms. The summed E-state index contributed by atoms with van der Waals surface area (Å²) in [6.45, 7) is 2.03. The van der Waals surface area contributed by atoms with Gasteiger partial charge in [0.2, 0.25) is 5.78 Å². The number of benzene rings is 1. The maximum Gasteiger partial charge on any atom is 0.213 e. The third-order valence-corrected chi connectivity index (χ3v) is 4.42. The number of fused-ring (bicyclic) bond motifs is 1. The minimum atomic E-state index is -0.123. The van der Waals surface area contributed by atoms with Gasteiger partial charge in [-0.25, -0.2) is 4.98 Å². The zero-order chi connectivity index (χ0) is 18.1. The summed E-state index contributed by atoms with van der Waals surface area (Å²) in [4.78, 5) is 24.5. The lowest BCUT2D eigenvalue weighted by Crippen LogP contribution is -2.02. The van der Waals surface area contributed by atoms with Crippen molar-refractivity contribution < 1.29 is 9.53 Å². The van der Waals surface area contributed by atoms with E-state index in [1.807, 2.05) is 37.4 Å². The van der Waals surface area contributed by atoms with Crippen molar-refractivity contribution in [3.05, 3.63) is 77.9 Å². The lowest BCUT2D eigenvalue weighted by molar-refractivity contribution is 0.103. The van der Waals surface area contributed by atoms with Crippen molar-refractivity contribution in [3.63, 3.8) is 0 Å². The fraction of sp³-hybridized carbons (Fsp3) is 0.0952. The van der Waals surface area contributed by atoms with Crippen LogP contribution in [0.1, 0.15) is 21.6 Å². The van der Waals surface area contributed by atoms with Crippen LogP contribution in [-0.2, 0) is 0 Å². The zero-order valence-electron chi connectivity index (χ0n) is 14.5. The lowest BCUT2D eigenvalue weighted by Gasteiger charge is -2.08. The highest BCUT2D eigenvalue weighted by Gasteiger charge is 2.16. The second kappa shape index (κ2) is 6.44. The maximum atomic E-state index is 12.8. The minimum absolute atomic E-state index is 0.123. The van der Waals surface area contributed by atoms with Crippen molar-refractivity contribution in [2.24, 2.45) is 0 Å². The van der Waals surface area contributed by atoms with Gasteiger partial charge < -0.3 is 9.72 Å². The van der Waals surface area contributed by atoms with Gasteiger partial charge in [0.05, 0.1) is 12.7 Å². The summed E-state index contributed by atoms with van der Waals surface area (Å²) in [7, 11) is 1.65. The van der Waals surface area contributed by atoms with Gasteiger partial charge in [-0.1, -0.05) is 12.1 Å². The first-order valence-electron chi connectivity index (χ1n) is 8.25. The molecule has 0 aliphatic heterocycles. The molecule has 5 nitrogen and oxygen atoms in total. The Hall–Kier alpha value is -3.47. The van der Waals surface area contributed by atoms with Crippen molar-refractivity contribution >= 4 is 16.8 Å². The first kappa shape index (κ1) is 16.0. The Morgan fingerprint density at radius 3 is 2.73 bits per heavy atom. The van der Waals surface area contributed by atoms with E-state index in [1.165, 1.54) is 0 Å². The number of rotatable bonds is 4. The van der Waals surface area contributed by atoms with E-state index in [1.54, 1.807) is 37.7 Å². The predicted octanol–water partition coefficient (Wildman–Crippen LogP) is 4.17. The van der Waals surface area contributed by atoms with Crippen molar-refractivity contribution in [1.29, 1.82) is 0 Å². The number of ketones is 1. The molecule has 0 radical (unpaired) electrons. The van der Waals surface area contributed by atoms with E-state index < -0.39 is 0 Å². The van der Waals surface area contributed by atoms with Gasteiger partial charge in [-0.15, -0.1) is 0 Å². The van der Waals surface area contributed by atoms with Crippen molar-refractivity contribution in [3.8, 4) is 16.9 Å². The number of nitrogens with one attached hydrogen (secondary N) is 1. The van der Waals surface area contributed by atoms with Crippen LogP contribution in [0.5, 0.6) is 5.75 Å². The summed E-state index contributed by atoms with van der Waals surface area (Å²) >= 11 is 0. The van der Waals surface area contributed by atoms with E-state index in [0.29, 0.717) is 16.9 Å². The number of methoxy groups -OCH3 is 1. The number of pyridine rings is 2. The topological polar surface area (TPSA) is 67.9 Å². The average molecular weight is 343 g/mol. The number of carbonyl (C=O) groups excluding carboxylic acids is 1. The molecule has 0 fully saturated rings. The molecule has 1 aromatic carbocycles. The molecule has 1 N–H and O–H groups in total. The van der Waals surface area contributed by atoms with Crippen LogP contribution in [-0.4, -0.2) is 27.8 Å². The Morgan fingerprint density at radius 2 is 2.00 bits per heavy atom. The summed E-state index contributed by atoms with van der Waals surface area (Å²) in [5, 5.41) is 0.786. The highest BCUT2D eigenvalue weighted by atomic mass is 16.5. The Bertz CT molecular complexity index is 1100. The second-order valence-electron chi connectivity index (χ2n) is 6.05. The summed E-state index contributed by atoms with van der Waals surface area (Å²) in [6, 6.07) is 13.2. The molecule has 0 unspecified atom stereocenters. The van der Waals surface area contributed by atoms with Gasteiger partial charge in [-0.3, -0.25) is 9.78 Å². The first-order chi connectivity index (χ1) is 12.7. The van der Waals surface area contributed by atoms with Crippen LogP contribution < -0.4 is 4.74 Å². The van der Waals surface area contributed by atoms with Crippen LogP contribution in [0.25, 0.3) is 22.2 Å². The number of hydrogen-bond donors (Lipinski definition) is 1. The summed E-state index contributed by atoms with van der Waals surface area (Å²) in [5.41, 5.74) is 4.75. The normalized spacial score (nSPS) is 10.8. The van der Waals surface area contributed by atoms with Crippen molar-refractivity contribution in [1.82, 2.24) is 15.0 Å². The van der Waals surface area contributed by atoms with E-state index in [9.17, 15) is 4.79 Å². The highest BCUT2D eigenvalue weighted by molar-refractivity contribution is 6.15. The van der Waals surface area contributed by atoms with Gasteiger partial charge in [0, 0.05) is 29.5 Å². The zero-order valence-corrected chi connectivity index (χ0v) is 14.5. The standard InChI is InChI=1S/C21H17N3O2/c1-13-9-15(26-2)6-7-16(13)14-10-17-18(12-24-21(17)23-11-14)20(25)19-5-3-4-8-22-19/h3-12H,1-2H3,(H,23,24). The molecule has 0 aliphatic rings. The molecule has 0 amide bonds. The minimum Gasteiger partial charge on any atom is -0.497 e. The first-order valence-corrected chi connectivity index (χ1v) is 8.25. The number of ether oxygens (including phenoxy) is 1. The fourth-order valence-corrected chi connectivity index (χ4v) is 3.06. The van der Waals surface area contributed by atoms with Crippen LogP contribution in [0.3, 0.4) is 0 Å². The van der Waals surface area contributed by atoms with Gasteiger partial charge in [0.15, 0.2) is 0 Å².